The molecule has 0 unspecified atom stereocenters. The highest BCUT2D eigenvalue weighted by molar-refractivity contribution is 5.96. The van der Waals surface area contributed by atoms with Gasteiger partial charge in [-0.2, -0.15) is 31.4 Å². The molecular weight excluding hydrogens is 666 g/mol. The molecule has 0 radical (unpaired) electrons. The predicted molar refractivity (Wildman–Crippen MR) is 164 cm³/mol. The molecule has 18 heteroatoms. The lowest BCUT2D eigenvalue weighted by Gasteiger charge is -2.30. The van der Waals surface area contributed by atoms with E-state index in [1.54, 1.807) is 0 Å². The number of anilines is 1. The quantitative estimate of drug-likeness (QED) is 0.198. The van der Waals surface area contributed by atoms with Crippen LogP contribution in [0.2, 0.25) is 0 Å². The second-order valence-electron chi connectivity index (χ2n) is 11.3. The summed E-state index contributed by atoms with van der Waals surface area (Å²) < 4.78 is 87.2. The van der Waals surface area contributed by atoms with Gasteiger partial charge in [-0.1, -0.05) is 6.07 Å². The Morgan fingerprint density at radius 3 is 2.35 bits per heavy atom. The van der Waals surface area contributed by atoms with Gasteiger partial charge in [0.1, 0.15) is 6.54 Å². The fraction of sp³-hybridized carbons (Fsp3) is 0.484. The maximum Gasteiger partial charge on any atom is 0.416 e. The molecule has 12 nitrogen and oxygen atoms in total. The summed E-state index contributed by atoms with van der Waals surface area (Å²) >= 11 is 0. The van der Waals surface area contributed by atoms with Crippen LogP contribution in [0.4, 0.5) is 32.2 Å². The van der Waals surface area contributed by atoms with Crippen molar-refractivity contribution in [3.8, 4) is 0 Å². The number of carbonyl (C=O) groups excluding carboxylic acids is 2. The highest BCUT2D eigenvalue weighted by atomic mass is 19.4. The lowest BCUT2D eigenvalue weighted by atomic mass is 10.1. The Balaban J connectivity index is 0.000000254. The number of fused-ring (bicyclic) bond motifs is 1. The van der Waals surface area contributed by atoms with Crippen LogP contribution in [0.25, 0.3) is 10.9 Å². The van der Waals surface area contributed by atoms with Gasteiger partial charge in [-0.3, -0.25) is 24.4 Å². The van der Waals surface area contributed by atoms with Gasteiger partial charge in [0, 0.05) is 49.9 Å². The summed E-state index contributed by atoms with van der Waals surface area (Å²) in [7, 11) is 0. The molecule has 0 bridgehead atoms. The van der Waals surface area contributed by atoms with Crippen molar-refractivity contribution in [1.29, 1.82) is 0 Å². The van der Waals surface area contributed by atoms with E-state index in [0.29, 0.717) is 31.3 Å². The molecule has 2 fully saturated rings. The minimum absolute atomic E-state index is 0.0819. The van der Waals surface area contributed by atoms with Gasteiger partial charge in [0.05, 0.1) is 35.3 Å². The van der Waals surface area contributed by atoms with Crippen molar-refractivity contribution in [3.63, 3.8) is 0 Å². The van der Waals surface area contributed by atoms with Crippen molar-refractivity contribution in [2.24, 2.45) is 0 Å². The van der Waals surface area contributed by atoms with Crippen LogP contribution in [0.3, 0.4) is 0 Å². The van der Waals surface area contributed by atoms with Gasteiger partial charge >= 0.3 is 18.3 Å². The van der Waals surface area contributed by atoms with E-state index >= 15 is 0 Å². The van der Waals surface area contributed by atoms with Crippen LogP contribution in [0, 0.1) is 0 Å². The third-order valence-electron chi connectivity index (χ3n) is 7.89. The van der Waals surface area contributed by atoms with E-state index < -0.39 is 47.8 Å². The van der Waals surface area contributed by atoms with E-state index in [4.69, 9.17) is 14.6 Å². The Morgan fingerprint density at radius 2 is 1.69 bits per heavy atom. The number of nitrogens with zero attached hydrogens (tertiary/aromatic N) is 2. The lowest BCUT2D eigenvalue weighted by Crippen LogP contribution is -2.48. The van der Waals surface area contributed by atoms with Gasteiger partial charge < -0.3 is 30.5 Å². The number of hydrogen-bond acceptors (Lipinski definition) is 8. The van der Waals surface area contributed by atoms with Crippen molar-refractivity contribution < 1.29 is 55.3 Å². The van der Waals surface area contributed by atoms with E-state index in [-0.39, 0.29) is 35.5 Å². The number of amides is 2. The monoisotopic (exact) mass is 702 g/mol. The van der Waals surface area contributed by atoms with Gasteiger partial charge in [-0.25, -0.2) is 0 Å². The average molecular weight is 703 g/mol. The molecule has 268 valence electrons. The van der Waals surface area contributed by atoms with Crippen LogP contribution in [0.5, 0.6) is 0 Å². The summed E-state index contributed by atoms with van der Waals surface area (Å²) in [6.45, 7) is 4.45. The van der Waals surface area contributed by atoms with E-state index in [9.17, 15) is 40.7 Å². The first-order valence-corrected chi connectivity index (χ1v) is 15.3. The first kappa shape index (κ1) is 37.4. The molecule has 2 saturated heterocycles. The van der Waals surface area contributed by atoms with Crippen LogP contribution in [0.15, 0.2) is 42.5 Å². The standard InChI is InChI=1S/C21H28F3N3O4.C10H8F3N3O2/c1-2-31-18-13-27(16-6-8-30-9-7-16)12-17(18)26-19(28)11-25-20(29)14-4-3-5-15(10-14)21(22,23)24;11-10(12,13)5-1-2-7-6(3-5)9(16-15-7)14-4-8(17)18/h3-5,10,16-18H,2,6-9,11-13H2,1H3,(H,25,29)(H,26,28);1-3H,4H2,(H,17,18)(H2,14,15,16)/t17-,18-;/m1./s1. The van der Waals surface area contributed by atoms with Crippen molar-refractivity contribution in [3.05, 3.63) is 59.2 Å². The van der Waals surface area contributed by atoms with Crippen LogP contribution in [0.1, 0.15) is 41.3 Å². The number of carbonyl (C=O) groups is 3. The number of alkyl halides is 6. The maximum atomic E-state index is 12.8. The number of aliphatic carboxylic acids is 1. The molecule has 2 atom stereocenters. The molecule has 0 spiro atoms. The summed E-state index contributed by atoms with van der Waals surface area (Å²) in [4.78, 5) is 37.3. The number of H-pyrrole nitrogens is 1. The third kappa shape index (κ3) is 10.5. The first-order chi connectivity index (χ1) is 23.2. The number of carboxylic acid groups (broad SMARTS) is 1. The van der Waals surface area contributed by atoms with Crippen LogP contribution in [-0.2, 0) is 31.4 Å². The molecule has 2 aliphatic rings. The molecule has 5 N–H and O–H groups in total. The zero-order chi connectivity index (χ0) is 35.8. The number of rotatable bonds is 10. The molecule has 2 amide bonds. The number of likely N-dealkylation sites (tertiary alicyclic amines) is 1. The second-order valence-corrected chi connectivity index (χ2v) is 11.3. The number of hydrogen-bond donors (Lipinski definition) is 5. The van der Waals surface area contributed by atoms with Gasteiger partial charge in [-0.15, -0.1) is 0 Å². The normalized spacial score (nSPS) is 18.8. The molecular formula is C31H36F6N6O6. The lowest BCUT2D eigenvalue weighted by molar-refractivity contribution is -0.138. The fourth-order valence-electron chi connectivity index (χ4n) is 5.51. The summed E-state index contributed by atoms with van der Waals surface area (Å²) in [5.74, 6) is -2.20. The predicted octanol–water partition coefficient (Wildman–Crippen LogP) is 3.90. The average Bonchev–Trinajstić information content (AvgIpc) is 3.66. The number of ether oxygens (including phenoxy) is 2. The Bertz CT molecular complexity index is 1590. The third-order valence-corrected chi connectivity index (χ3v) is 7.89. The summed E-state index contributed by atoms with van der Waals surface area (Å²) in [5.41, 5.74) is -1.48. The van der Waals surface area contributed by atoms with Crippen molar-refractivity contribution in [1.82, 2.24) is 25.7 Å². The molecule has 2 aliphatic heterocycles. The molecule has 49 heavy (non-hydrogen) atoms. The van der Waals surface area contributed by atoms with E-state index in [1.165, 1.54) is 12.1 Å². The molecule has 1 aromatic heterocycles. The Morgan fingerprint density at radius 1 is 1.00 bits per heavy atom. The highest BCUT2D eigenvalue weighted by Crippen LogP contribution is 2.33. The maximum absolute atomic E-state index is 12.8. The number of carboxylic acids is 1. The minimum Gasteiger partial charge on any atom is -0.480 e. The first-order valence-electron chi connectivity index (χ1n) is 15.3. The Hall–Kier alpha value is -4.42. The SMILES string of the molecule is CCO[C@@H]1CN(C2CCOCC2)C[C@H]1NC(=O)CNC(=O)c1cccc(C(F)(F)F)c1.O=C(O)CNc1n[nH]c2ccc(C(F)(F)F)cc12. The molecule has 5 rings (SSSR count). The van der Waals surface area contributed by atoms with Gasteiger partial charge in [-0.05, 0) is 56.2 Å². The second kappa shape index (κ2) is 16.3. The summed E-state index contributed by atoms with van der Waals surface area (Å²) in [6.07, 6.45) is -7.27. The van der Waals surface area contributed by atoms with Gasteiger partial charge in [0.25, 0.3) is 5.91 Å². The van der Waals surface area contributed by atoms with E-state index in [1.807, 2.05) is 6.92 Å². The Kier molecular flexibility index (Phi) is 12.5. The molecule has 2 aromatic carbocycles. The minimum atomic E-state index is -4.54. The number of halogens is 6. The largest absolute Gasteiger partial charge is 0.480 e. The molecule has 3 aromatic rings. The zero-order valence-corrected chi connectivity index (χ0v) is 26.3. The van der Waals surface area contributed by atoms with Crippen molar-refractivity contribution >= 4 is 34.5 Å². The fourth-order valence-corrected chi connectivity index (χ4v) is 5.51. The Labute approximate surface area is 276 Å². The number of benzene rings is 2. The molecule has 0 saturated carbocycles. The van der Waals surface area contributed by atoms with Crippen LogP contribution < -0.4 is 16.0 Å². The van der Waals surface area contributed by atoms with E-state index in [2.05, 4.69) is 31.0 Å². The van der Waals surface area contributed by atoms with E-state index in [0.717, 1.165) is 56.4 Å². The number of nitrogens with one attached hydrogen (secondary N) is 4. The van der Waals surface area contributed by atoms with Gasteiger partial charge in [0.2, 0.25) is 5.91 Å². The molecule has 0 aliphatic carbocycles. The number of aromatic nitrogens is 2. The number of aromatic amines is 1. The van der Waals surface area contributed by atoms with Crippen molar-refractivity contribution in [2.45, 2.75) is 50.3 Å². The van der Waals surface area contributed by atoms with Crippen LogP contribution >= 0.6 is 0 Å². The summed E-state index contributed by atoms with van der Waals surface area (Å²) in [5, 5.41) is 22.6. The topological polar surface area (TPSA) is 158 Å². The van der Waals surface area contributed by atoms with Crippen molar-refractivity contribution in [2.75, 3.05) is 51.3 Å². The molecule has 3 heterocycles. The van der Waals surface area contributed by atoms with Gasteiger partial charge in [0.15, 0.2) is 5.82 Å². The zero-order valence-electron chi connectivity index (χ0n) is 26.3. The van der Waals surface area contributed by atoms with Crippen LogP contribution in [-0.4, -0.2) is 102 Å². The smallest absolute Gasteiger partial charge is 0.416 e. The summed E-state index contributed by atoms with van der Waals surface area (Å²) in [6, 6.07) is 7.36. The highest BCUT2D eigenvalue weighted by Gasteiger charge is 2.38.